The molecule has 2 N–H and O–H groups in total. The molecule has 0 bridgehead atoms. The zero-order valence-corrected chi connectivity index (χ0v) is 21.2. The van der Waals surface area contributed by atoms with Crippen molar-refractivity contribution in [2.75, 3.05) is 56.1 Å². The zero-order chi connectivity index (χ0) is 25.5. The first-order valence-electron chi connectivity index (χ1n) is 12.7. The van der Waals surface area contributed by atoms with Gasteiger partial charge < -0.3 is 20.4 Å². The highest BCUT2D eigenvalue weighted by atomic mass is 16.2. The summed E-state index contributed by atoms with van der Waals surface area (Å²) in [4.78, 5) is 41.7. The van der Waals surface area contributed by atoms with Gasteiger partial charge in [0.15, 0.2) is 0 Å². The van der Waals surface area contributed by atoms with Crippen molar-refractivity contribution in [3.63, 3.8) is 0 Å². The smallest absolute Gasteiger partial charge is 0.256 e. The third kappa shape index (κ3) is 6.22. The van der Waals surface area contributed by atoms with Gasteiger partial charge in [-0.3, -0.25) is 19.4 Å². The van der Waals surface area contributed by atoms with Gasteiger partial charge in [0, 0.05) is 57.6 Å². The van der Waals surface area contributed by atoms with Crippen LogP contribution in [0, 0.1) is 0 Å². The number of anilines is 2. The van der Waals surface area contributed by atoms with E-state index in [-0.39, 0.29) is 30.8 Å². The molecule has 0 aromatic heterocycles. The van der Waals surface area contributed by atoms with Crippen molar-refractivity contribution in [2.45, 2.75) is 32.9 Å². The summed E-state index contributed by atoms with van der Waals surface area (Å²) in [5.41, 5.74) is 4.05. The van der Waals surface area contributed by atoms with Crippen molar-refractivity contribution in [3.8, 4) is 0 Å². The van der Waals surface area contributed by atoms with Crippen LogP contribution >= 0.6 is 0 Å². The second kappa shape index (κ2) is 12.0. The van der Waals surface area contributed by atoms with Crippen LogP contribution in [0.5, 0.6) is 0 Å². The molecular formula is C27H36N6O3. The largest absolute Gasteiger partial charge is 0.353 e. The molecule has 0 atom stereocenters. The molecule has 2 heterocycles. The van der Waals surface area contributed by atoms with Crippen molar-refractivity contribution >= 4 is 29.1 Å². The fourth-order valence-electron chi connectivity index (χ4n) is 4.65. The van der Waals surface area contributed by atoms with Gasteiger partial charge in [0.2, 0.25) is 11.8 Å². The summed E-state index contributed by atoms with van der Waals surface area (Å²) >= 11 is 0. The van der Waals surface area contributed by atoms with E-state index in [2.05, 4.69) is 22.8 Å². The Labute approximate surface area is 213 Å². The van der Waals surface area contributed by atoms with Gasteiger partial charge in [0.1, 0.15) is 0 Å². The van der Waals surface area contributed by atoms with E-state index in [0.29, 0.717) is 32.6 Å². The highest BCUT2D eigenvalue weighted by Crippen LogP contribution is 2.26. The number of nitrogens with zero attached hydrogens (tertiary/aromatic N) is 4. The molecule has 3 amide bonds. The summed E-state index contributed by atoms with van der Waals surface area (Å²) < 4.78 is 0. The molecule has 9 heteroatoms. The Morgan fingerprint density at radius 1 is 0.972 bits per heavy atom. The van der Waals surface area contributed by atoms with E-state index in [9.17, 15) is 14.4 Å². The maximum absolute atomic E-state index is 13.3. The molecule has 0 spiro atoms. The molecule has 0 radical (unpaired) electrons. The number of hydrazine groups is 1. The van der Waals surface area contributed by atoms with Gasteiger partial charge in [0.25, 0.3) is 5.91 Å². The number of likely N-dealkylation sites (N-methyl/N-ethyl adjacent to an activating group) is 2. The summed E-state index contributed by atoms with van der Waals surface area (Å²) in [5.74, 6) is -0.110. The summed E-state index contributed by atoms with van der Waals surface area (Å²) in [5, 5.41) is 9.78. The molecule has 4 rings (SSSR count). The third-order valence-corrected chi connectivity index (χ3v) is 6.74. The van der Waals surface area contributed by atoms with Crippen LogP contribution in [0.3, 0.4) is 0 Å². The molecule has 0 unspecified atom stereocenters. The van der Waals surface area contributed by atoms with Crippen molar-refractivity contribution in [1.82, 2.24) is 20.7 Å². The predicted molar refractivity (Wildman–Crippen MR) is 140 cm³/mol. The molecule has 192 valence electrons. The lowest BCUT2D eigenvalue weighted by atomic mass is 10.1. The van der Waals surface area contributed by atoms with E-state index in [1.165, 1.54) is 11.1 Å². The summed E-state index contributed by atoms with van der Waals surface area (Å²) in [6.07, 6.45) is 1.43. The minimum atomic E-state index is -0.143. The van der Waals surface area contributed by atoms with E-state index in [1.807, 2.05) is 48.3 Å². The van der Waals surface area contributed by atoms with Crippen LogP contribution in [0.2, 0.25) is 0 Å². The lowest BCUT2D eigenvalue weighted by Crippen LogP contribution is -2.48. The lowest BCUT2D eigenvalue weighted by molar-refractivity contribution is -0.145. The number of carbonyl (C=O) groups is 3. The Kier molecular flexibility index (Phi) is 8.56. The van der Waals surface area contributed by atoms with Crippen LogP contribution in [0.1, 0.15) is 30.9 Å². The Bertz CT molecular complexity index is 1050. The normalized spacial score (nSPS) is 15.2. The van der Waals surface area contributed by atoms with Gasteiger partial charge in [-0.1, -0.05) is 31.2 Å². The summed E-state index contributed by atoms with van der Waals surface area (Å²) in [6, 6.07) is 15.7. The number of fused-ring (bicyclic) bond motifs is 1. The summed E-state index contributed by atoms with van der Waals surface area (Å²) in [6.45, 7) is 6.29. The number of benzene rings is 2. The Balaban J connectivity index is 1.44. The molecule has 1 fully saturated rings. The number of nitrogens with one attached hydrogen (secondary N) is 2. The second-order valence-corrected chi connectivity index (χ2v) is 9.23. The van der Waals surface area contributed by atoms with Crippen LogP contribution in [0.25, 0.3) is 0 Å². The fourth-order valence-corrected chi connectivity index (χ4v) is 4.65. The highest BCUT2D eigenvalue weighted by Gasteiger charge is 2.27. The molecule has 0 saturated carbocycles. The first-order valence-corrected chi connectivity index (χ1v) is 12.7. The maximum atomic E-state index is 13.3. The molecule has 9 nitrogen and oxygen atoms in total. The predicted octanol–water partition coefficient (Wildman–Crippen LogP) is 1.73. The number of hydrogen-bond acceptors (Lipinski definition) is 6. The third-order valence-electron chi connectivity index (χ3n) is 6.74. The van der Waals surface area contributed by atoms with Crippen molar-refractivity contribution in [2.24, 2.45) is 0 Å². The van der Waals surface area contributed by atoms with Crippen LogP contribution in [0.15, 0.2) is 48.5 Å². The fraction of sp³-hybridized carbons (Fsp3) is 0.444. The monoisotopic (exact) mass is 492 g/mol. The van der Waals surface area contributed by atoms with Gasteiger partial charge >= 0.3 is 0 Å². The maximum Gasteiger partial charge on any atom is 0.256 e. The summed E-state index contributed by atoms with van der Waals surface area (Å²) in [7, 11) is 1.78. The van der Waals surface area contributed by atoms with Crippen LogP contribution in [-0.4, -0.2) is 74.1 Å². The molecule has 1 saturated heterocycles. The van der Waals surface area contributed by atoms with Crippen molar-refractivity contribution < 1.29 is 14.4 Å². The minimum absolute atomic E-state index is 0.0615. The van der Waals surface area contributed by atoms with E-state index < -0.39 is 0 Å². The zero-order valence-electron chi connectivity index (χ0n) is 21.2. The molecule has 2 aliphatic heterocycles. The molecule has 0 aliphatic carbocycles. The molecule has 36 heavy (non-hydrogen) atoms. The quantitative estimate of drug-likeness (QED) is 0.465. The van der Waals surface area contributed by atoms with Gasteiger partial charge in [-0.05, 0) is 48.4 Å². The Morgan fingerprint density at radius 3 is 2.28 bits per heavy atom. The first-order chi connectivity index (χ1) is 17.5. The Morgan fingerprint density at radius 2 is 1.67 bits per heavy atom. The SMILES string of the molecule is CCNCCNC(=O)CN(CC(=O)N(C)N1Cc2ccccc2C1)c1ccc(N2CCCC2=O)cc1. The average Bonchev–Trinajstić information content (AvgIpc) is 3.52. The van der Waals surface area contributed by atoms with E-state index in [4.69, 9.17) is 0 Å². The van der Waals surface area contributed by atoms with Crippen LogP contribution in [-0.2, 0) is 27.5 Å². The number of rotatable bonds is 11. The number of hydrogen-bond donors (Lipinski definition) is 2. The Hall–Kier alpha value is -3.43. The van der Waals surface area contributed by atoms with E-state index >= 15 is 0 Å². The standard InChI is InChI=1S/C27H36N6O3/c1-3-28-14-15-29-25(34)19-31(23-10-12-24(13-11-23)33-16-6-9-26(33)35)20-27(36)30(2)32-17-21-7-4-5-8-22(21)18-32/h4-5,7-8,10-13,28H,3,6,9,14-20H2,1-2H3,(H,29,34). The highest BCUT2D eigenvalue weighted by molar-refractivity contribution is 5.95. The molecular weight excluding hydrogens is 456 g/mol. The van der Waals surface area contributed by atoms with Gasteiger partial charge in [-0.2, -0.15) is 0 Å². The lowest BCUT2D eigenvalue weighted by Gasteiger charge is -2.31. The second-order valence-electron chi connectivity index (χ2n) is 9.23. The molecule has 2 aliphatic rings. The van der Waals surface area contributed by atoms with Crippen molar-refractivity contribution in [1.29, 1.82) is 0 Å². The van der Waals surface area contributed by atoms with Crippen LogP contribution < -0.4 is 20.4 Å². The van der Waals surface area contributed by atoms with E-state index in [0.717, 1.165) is 30.9 Å². The van der Waals surface area contributed by atoms with Gasteiger partial charge in [0.05, 0.1) is 13.1 Å². The average molecular weight is 493 g/mol. The first kappa shape index (κ1) is 25.7. The molecule has 2 aromatic carbocycles. The topological polar surface area (TPSA) is 88.2 Å². The van der Waals surface area contributed by atoms with Gasteiger partial charge in [-0.25, -0.2) is 5.01 Å². The molecule has 2 aromatic rings. The number of carbonyl (C=O) groups excluding carboxylic acids is 3. The van der Waals surface area contributed by atoms with Crippen molar-refractivity contribution in [3.05, 3.63) is 59.7 Å². The van der Waals surface area contributed by atoms with E-state index in [1.54, 1.807) is 21.9 Å². The van der Waals surface area contributed by atoms with Crippen LogP contribution in [0.4, 0.5) is 11.4 Å². The minimum Gasteiger partial charge on any atom is -0.353 e. The number of amides is 3. The van der Waals surface area contributed by atoms with Gasteiger partial charge in [-0.15, -0.1) is 0 Å².